The lowest BCUT2D eigenvalue weighted by molar-refractivity contribution is -0.153. The minimum Gasteiger partial charge on any atom is -0.481 e. The first-order chi connectivity index (χ1) is 8.31. The minimum atomic E-state index is -1.02. The van der Waals surface area contributed by atoms with Crippen molar-refractivity contribution in [1.82, 2.24) is 4.90 Å². The summed E-state index contributed by atoms with van der Waals surface area (Å²) in [6, 6.07) is 0.215. The van der Waals surface area contributed by atoms with Gasteiger partial charge < -0.3 is 15.1 Å². The number of aliphatic hydroxyl groups excluding tert-OH is 1. The number of hydrogen-bond donors (Lipinski definition) is 2. The Morgan fingerprint density at radius 1 is 1.22 bits per heavy atom. The minimum absolute atomic E-state index is 0.0332. The number of amides is 1. The van der Waals surface area contributed by atoms with Crippen molar-refractivity contribution in [3.05, 3.63) is 0 Å². The Kier molecular flexibility index (Phi) is 3.36. The summed E-state index contributed by atoms with van der Waals surface area (Å²) in [7, 11) is 0. The van der Waals surface area contributed by atoms with Crippen LogP contribution in [0.2, 0.25) is 0 Å². The first-order valence-electron chi connectivity index (χ1n) is 6.54. The van der Waals surface area contributed by atoms with E-state index in [1.807, 2.05) is 4.90 Å². The molecule has 2 aliphatic heterocycles. The summed E-state index contributed by atoms with van der Waals surface area (Å²) in [5, 5.41) is 18.7. The summed E-state index contributed by atoms with van der Waals surface area (Å²) >= 11 is 0. The van der Waals surface area contributed by atoms with Crippen LogP contribution >= 0.6 is 0 Å². The summed E-state index contributed by atoms with van der Waals surface area (Å²) < 4.78 is 0. The molecular weight excluding hydrogens is 234 g/mol. The molecule has 2 bridgehead atoms. The number of aliphatic hydroxyl groups is 1. The Balaban J connectivity index is 2.05. The molecule has 2 saturated heterocycles. The van der Waals surface area contributed by atoms with Gasteiger partial charge in [0.15, 0.2) is 0 Å². The van der Waals surface area contributed by atoms with Gasteiger partial charge in [0.05, 0.1) is 11.5 Å². The molecule has 102 valence electrons. The Morgan fingerprint density at radius 3 is 2.17 bits per heavy atom. The predicted molar refractivity (Wildman–Crippen MR) is 64.9 cm³/mol. The molecule has 0 spiro atoms. The highest BCUT2D eigenvalue weighted by Gasteiger charge is 2.44. The summed E-state index contributed by atoms with van der Waals surface area (Å²) in [4.78, 5) is 25.2. The van der Waals surface area contributed by atoms with Crippen LogP contribution < -0.4 is 0 Å². The Bertz CT molecular complexity index is 352. The summed E-state index contributed by atoms with van der Waals surface area (Å²) in [6.45, 7) is 3.15. The molecule has 2 aliphatic rings. The second-order valence-corrected chi connectivity index (χ2v) is 6.18. The molecule has 2 N–H and O–H groups in total. The Hall–Kier alpha value is -1.10. The zero-order valence-electron chi connectivity index (χ0n) is 10.9. The third-order valence-corrected chi connectivity index (χ3v) is 4.17. The van der Waals surface area contributed by atoms with E-state index in [1.165, 1.54) is 0 Å². The molecule has 0 saturated carbocycles. The van der Waals surface area contributed by atoms with Crippen LogP contribution in [0, 0.1) is 5.41 Å². The maximum Gasteiger partial charge on any atom is 0.309 e. The number of fused-ring (bicyclic) bond motifs is 2. The van der Waals surface area contributed by atoms with Crippen LogP contribution in [0.4, 0.5) is 0 Å². The van der Waals surface area contributed by atoms with Crippen LogP contribution in [-0.4, -0.2) is 45.2 Å². The fourth-order valence-electron chi connectivity index (χ4n) is 3.10. The maximum atomic E-state index is 12.3. The number of carbonyl (C=O) groups is 2. The van der Waals surface area contributed by atoms with Gasteiger partial charge in [0.1, 0.15) is 0 Å². The van der Waals surface area contributed by atoms with E-state index in [2.05, 4.69) is 0 Å². The van der Waals surface area contributed by atoms with Crippen LogP contribution in [0.25, 0.3) is 0 Å². The molecular formula is C13H21NO4. The summed E-state index contributed by atoms with van der Waals surface area (Å²) in [5.41, 5.74) is -1.02. The van der Waals surface area contributed by atoms with Crippen molar-refractivity contribution < 1.29 is 19.8 Å². The van der Waals surface area contributed by atoms with Crippen molar-refractivity contribution in [3.63, 3.8) is 0 Å². The number of piperidine rings is 1. The van der Waals surface area contributed by atoms with Gasteiger partial charge in [-0.1, -0.05) is 0 Å². The highest BCUT2D eigenvalue weighted by molar-refractivity contribution is 5.85. The number of carbonyl (C=O) groups excluding carboxylic acids is 1. The normalized spacial score (nSPS) is 31.5. The third kappa shape index (κ3) is 2.36. The third-order valence-electron chi connectivity index (χ3n) is 4.17. The zero-order chi connectivity index (χ0) is 13.5. The second-order valence-electron chi connectivity index (χ2n) is 6.18. The molecule has 0 aromatic rings. The number of aliphatic carboxylic acids is 1. The number of rotatable bonds is 3. The van der Waals surface area contributed by atoms with E-state index in [4.69, 9.17) is 5.11 Å². The van der Waals surface area contributed by atoms with Crippen LogP contribution in [0.1, 0.15) is 46.0 Å². The van der Waals surface area contributed by atoms with Crippen molar-refractivity contribution in [2.24, 2.45) is 5.41 Å². The molecule has 18 heavy (non-hydrogen) atoms. The van der Waals surface area contributed by atoms with Gasteiger partial charge in [-0.25, -0.2) is 0 Å². The van der Waals surface area contributed by atoms with Crippen molar-refractivity contribution in [3.8, 4) is 0 Å². The van der Waals surface area contributed by atoms with Crippen molar-refractivity contribution in [2.45, 2.75) is 64.1 Å². The van der Waals surface area contributed by atoms with Gasteiger partial charge in [-0.3, -0.25) is 9.59 Å². The van der Waals surface area contributed by atoms with Gasteiger partial charge in [0, 0.05) is 18.5 Å². The lowest BCUT2D eigenvalue weighted by Crippen LogP contribution is -2.49. The molecule has 5 nitrogen and oxygen atoms in total. The number of carboxylic acids is 1. The molecule has 0 aromatic heterocycles. The van der Waals surface area contributed by atoms with Gasteiger partial charge in [-0.15, -0.1) is 0 Å². The smallest absolute Gasteiger partial charge is 0.309 e. The van der Waals surface area contributed by atoms with Gasteiger partial charge in [-0.2, -0.15) is 0 Å². The average Bonchev–Trinajstić information content (AvgIpc) is 2.50. The van der Waals surface area contributed by atoms with Gasteiger partial charge >= 0.3 is 5.97 Å². The largest absolute Gasteiger partial charge is 0.481 e. The van der Waals surface area contributed by atoms with Crippen LogP contribution in [0.5, 0.6) is 0 Å². The van der Waals surface area contributed by atoms with E-state index in [1.54, 1.807) is 13.8 Å². The van der Waals surface area contributed by atoms with E-state index < -0.39 is 11.4 Å². The molecule has 0 radical (unpaired) electrons. The van der Waals surface area contributed by atoms with E-state index in [9.17, 15) is 14.7 Å². The van der Waals surface area contributed by atoms with E-state index in [-0.39, 0.29) is 30.5 Å². The van der Waals surface area contributed by atoms with Gasteiger partial charge in [0.2, 0.25) is 5.91 Å². The van der Waals surface area contributed by atoms with Crippen molar-refractivity contribution in [2.75, 3.05) is 0 Å². The molecule has 2 rings (SSSR count). The monoisotopic (exact) mass is 255 g/mol. The van der Waals surface area contributed by atoms with E-state index in [0.717, 1.165) is 12.8 Å². The highest BCUT2D eigenvalue weighted by atomic mass is 16.4. The molecule has 2 fully saturated rings. The molecule has 0 aliphatic carbocycles. The van der Waals surface area contributed by atoms with Gasteiger partial charge in [0.25, 0.3) is 0 Å². The standard InChI is InChI=1S/C13H21NO4/c1-13(2,12(17)18)7-11(16)14-8-3-4-9(14)6-10(15)5-8/h8-10,15H,3-7H2,1-2H3,(H,17,18). The average molecular weight is 255 g/mol. The summed E-state index contributed by atoms with van der Waals surface area (Å²) in [6.07, 6.45) is 2.86. The van der Waals surface area contributed by atoms with E-state index >= 15 is 0 Å². The van der Waals surface area contributed by atoms with Crippen LogP contribution in [-0.2, 0) is 9.59 Å². The number of carboxylic acid groups (broad SMARTS) is 1. The topological polar surface area (TPSA) is 77.8 Å². The Labute approximate surface area is 107 Å². The first kappa shape index (κ1) is 13.3. The fraction of sp³-hybridized carbons (Fsp3) is 0.846. The molecule has 2 unspecified atom stereocenters. The second kappa shape index (κ2) is 4.53. The van der Waals surface area contributed by atoms with Crippen LogP contribution in [0.3, 0.4) is 0 Å². The molecule has 1 amide bonds. The number of nitrogens with zero attached hydrogens (tertiary/aromatic N) is 1. The lowest BCUT2D eigenvalue weighted by atomic mass is 9.88. The SMILES string of the molecule is CC(C)(CC(=O)N1C2CCC1CC(O)C2)C(=O)O. The fourth-order valence-corrected chi connectivity index (χ4v) is 3.10. The maximum absolute atomic E-state index is 12.3. The van der Waals surface area contributed by atoms with Gasteiger partial charge in [-0.05, 0) is 39.5 Å². The lowest BCUT2D eigenvalue weighted by Gasteiger charge is -2.38. The molecule has 2 heterocycles. The quantitative estimate of drug-likeness (QED) is 0.788. The van der Waals surface area contributed by atoms with Crippen molar-refractivity contribution >= 4 is 11.9 Å². The molecule has 0 aromatic carbocycles. The Morgan fingerprint density at radius 2 is 1.72 bits per heavy atom. The highest BCUT2D eigenvalue weighted by Crippen LogP contribution is 2.37. The molecule has 5 heteroatoms. The van der Waals surface area contributed by atoms with Crippen LogP contribution in [0.15, 0.2) is 0 Å². The first-order valence-corrected chi connectivity index (χ1v) is 6.54. The predicted octanol–water partition coefficient (Wildman–Crippen LogP) is 1.00. The number of hydrogen-bond acceptors (Lipinski definition) is 3. The van der Waals surface area contributed by atoms with E-state index in [0.29, 0.717) is 12.8 Å². The molecule has 2 atom stereocenters. The zero-order valence-corrected chi connectivity index (χ0v) is 10.9. The summed E-state index contributed by atoms with van der Waals surface area (Å²) in [5.74, 6) is -1.03. The van der Waals surface area contributed by atoms with Crippen molar-refractivity contribution in [1.29, 1.82) is 0 Å².